The smallest absolute Gasteiger partial charge is 0.221 e. The van der Waals surface area contributed by atoms with E-state index in [0.29, 0.717) is 11.8 Å². The van der Waals surface area contributed by atoms with E-state index in [1.165, 1.54) is 25.3 Å². The molecule has 0 aliphatic heterocycles. The zero-order valence-electron chi connectivity index (χ0n) is 13.5. The molecule has 114 valence electrons. The van der Waals surface area contributed by atoms with Gasteiger partial charge in [0.15, 0.2) is 0 Å². The molecule has 0 fully saturated rings. The molecule has 2 N–H and O–H groups in total. The average molecular weight is 286 g/mol. The van der Waals surface area contributed by atoms with Gasteiger partial charge >= 0.3 is 0 Å². The number of amides is 1. The van der Waals surface area contributed by atoms with Crippen LogP contribution in [0.2, 0.25) is 0 Å². The molecule has 0 bridgehead atoms. The van der Waals surface area contributed by atoms with Crippen LogP contribution in [0, 0.1) is 18.8 Å². The highest BCUT2D eigenvalue weighted by molar-refractivity contribution is 5.89. The molecule has 0 spiro atoms. The van der Waals surface area contributed by atoms with Crippen LogP contribution in [-0.4, -0.2) is 12.5 Å². The van der Waals surface area contributed by atoms with Gasteiger partial charge in [0.1, 0.15) is 0 Å². The van der Waals surface area contributed by atoms with Crippen molar-refractivity contribution in [1.29, 1.82) is 0 Å². The first kappa shape index (κ1) is 15.6. The number of carbonyl (C=O) groups is 1. The third kappa shape index (κ3) is 4.62. The largest absolute Gasteiger partial charge is 0.385 e. The van der Waals surface area contributed by atoms with Crippen LogP contribution in [0.1, 0.15) is 39.2 Å². The summed E-state index contributed by atoms with van der Waals surface area (Å²) in [5.74, 6) is 1.37. The zero-order valence-corrected chi connectivity index (χ0v) is 13.5. The van der Waals surface area contributed by atoms with Crippen LogP contribution >= 0.6 is 0 Å². The Morgan fingerprint density at radius 1 is 1.33 bits per heavy atom. The molecule has 2 rings (SSSR count). The van der Waals surface area contributed by atoms with E-state index < -0.39 is 0 Å². The van der Waals surface area contributed by atoms with Gasteiger partial charge in [-0.3, -0.25) is 4.79 Å². The van der Waals surface area contributed by atoms with Crippen molar-refractivity contribution >= 4 is 17.3 Å². The fourth-order valence-corrected chi connectivity index (χ4v) is 3.21. The molecule has 0 radical (unpaired) electrons. The molecule has 2 unspecified atom stereocenters. The third-order valence-electron chi connectivity index (χ3n) is 4.02. The molecule has 21 heavy (non-hydrogen) atoms. The lowest BCUT2D eigenvalue weighted by molar-refractivity contribution is -0.114. The molecule has 1 aliphatic carbocycles. The Morgan fingerprint density at radius 2 is 2.10 bits per heavy atom. The number of hydrogen-bond acceptors (Lipinski definition) is 2. The molecule has 1 aromatic rings. The molecule has 3 nitrogen and oxygen atoms in total. The maximum Gasteiger partial charge on any atom is 0.221 e. The molecule has 3 heteroatoms. The quantitative estimate of drug-likeness (QED) is 0.808. The zero-order chi connectivity index (χ0) is 15.4. The van der Waals surface area contributed by atoms with Crippen molar-refractivity contribution in [3.05, 3.63) is 35.4 Å². The summed E-state index contributed by atoms with van der Waals surface area (Å²) in [6.07, 6.45) is 4.84. The SMILES string of the molecule is CC(=O)Nc1ccc(NCC2CC(C)=CC(C)C2)cc1C. The number of allylic oxidation sites excluding steroid dienone is 2. The van der Waals surface area contributed by atoms with Gasteiger partial charge in [-0.2, -0.15) is 0 Å². The van der Waals surface area contributed by atoms with Crippen molar-refractivity contribution in [3.63, 3.8) is 0 Å². The Hall–Kier alpha value is -1.77. The van der Waals surface area contributed by atoms with Crippen LogP contribution < -0.4 is 10.6 Å². The third-order valence-corrected chi connectivity index (χ3v) is 4.02. The number of hydrogen-bond donors (Lipinski definition) is 2. The molecule has 1 amide bonds. The van der Waals surface area contributed by atoms with Gasteiger partial charge in [0.25, 0.3) is 0 Å². The van der Waals surface area contributed by atoms with Gasteiger partial charge in [-0.25, -0.2) is 0 Å². The lowest BCUT2D eigenvalue weighted by Gasteiger charge is -2.26. The normalized spacial score (nSPS) is 21.6. The van der Waals surface area contributed by atoms with Crippen LogP contribution in [0.3, 0.4) is 0 Å². The van der Waals surface area contributed by atoms with Gasteiger partial charge in [-0.05, 0) is 62.3 Å². The van der Waals surface area contributed by atoms with Crippen LogP contribution in [0.25, 0.3) is 0 Å². The topological polar surface area (TPSA) is 41.1 Å². The Kier molecular flexibility index (Phi) is 5.05. The summed E-state index contributed by atoms with van der Waals surface area (Å²) in [6.45, 7) is 9.09. The molecule has 0 heterocycles. The van der Waals surface area contributed by atoms with Gasteiger partial charge < -0.3 is 10.6 Å². The van der Waals surface area contributed by atoms with E-state index in [4.69, 9.17) is 0 Å². The first-order valence-electron chi connectivity index (χ1n) is 7.73. The Balaban J connectivity index is 1.93. The van der Waals surface area contributed by atoms with Gasteiger partial charge in [0, 0.05) is 24.8 Å². The van der Waals surface area contributed by atoms with Crippen LogP contribution in [-0.2, 0) is 4.79 Å². The van der Waals surface area contributed by atoms with Crippen molar-refractivity contribution < 1.29 is 4.79 Å². The fourth-order valence-electron chi connectivity index (χ4n) is 3.21. The molecule has 2 atom stereocenters. The fraction of sp³-hybridized carbons (Fsp3) is 0.500. The van der Waals surface area contributed by atoms with Crippen molar-refractivity contribution in [1.82, 2.24) is 0 Å². The Bertz CT molecular complexity index is 548. The Morgan fingerprint density at radius 3 is 2.71 bits per heavy atom. The number of benzene rings is 1. The van der Waals surface area contributed by atoms with Crippen LogP contribution in [0.4, 0.5) is 11.4 Å². The van der Waals surface area contributed by atoms with Crippen molar-refractivity contribution in [2.75, 3.05) is 17.2 Å². The standard InChI is InChI=1S/C18H26N2O/c1-12-7-13(2)9-16(8-12)11-19-17-5-6-18(14(3)10-17)20-15(4)21/h5-7,10,12,16,19H,8-9,11H2,1-4H3,(H,20,21). The average Bonchev–Trinajstić information content (AvgIpc) is 2.38. The second-order valence-corrected chi connectivity index (χ2v) is 6.39. The van der Waals surface area contributed by atoms with E-state index in [2.05, 4.69) is 36.6 Å². The number of rotatable bonds is 4. The summed E-state index contributed by atoms with van der Waals surface area (Å²) >= 11 is 0. The number of carbonyl (C=O) groups excluding carboxylic acids is 1. The summed E-state index contributed by atoms with van der Waals surface area (Å²) in [6, 6.07) is 6.10. The number of nitrogens with one attached hydrogen (secondary N) is 2. The van der Waals surface area contributed by atoms with Gasteiger partial charge in [-0.15, -0.1) is 0 Å². The maximum absolute atomic E-state index is 11.1. The lowest BCUT2D eigenvalue weighted by atomic mass is 9.84. The number of aryl methyl sites for hydroxylation is 1. The monoisotopic (exact) mass is 286 g/mol. The molecule has 1 aromatic carbocycles. The van der Waals surface area contributed by atoms with Crippen molar-refractivity contribution in [3.8, 4) is 0 Å². The predicted octanol–water partition coefficient (Wildman–Crippen LogP) is 4.36. The van der Waals surface area contributed by atoms with Gasteiger partial charge in [0.2, 0.25) is 5.91 Å². The summed E-state index contributed by atoms with van der Waals surface area (Å²) in [5, 5.41) is 6.38. The van der Waals surface area contributed by atoms with Crippen LogP contribution in [0.5, 0.6) is 0 Å². The van der Waals surface area contributed by atoms with E-state index >= 15 is 0 Å². The van der Waals surface area contributed by atoms with Gasteiger partial charge in [0.05, 0.1) is 0 Å². The first-order valence-corrected chi connectivity index (χ1v) is 7.73. The van der Waals surface area contributed by atoms with E-state index in [-0.39, 0.29) is 5.91 Å². The predicted molar refractivity (Wildman–Crippen MR) is 89.6 cm³/mol. The highest BCUT2D eigenvalue weighted by Gasteiger charge is 2.17. The summed E-state index contributed by atoms with van der Waals surface area (Å²) in [4.78, 5) is 11.1. The minimum Gasteiger partial charge on any atom is -0.385 e. The van der Waals surface area contributed by atoms with E-state index in [0.717, 1.165) is 23.5 Å². The van der Waals surface area contributed by atoms with E-state index in [9.17, 15) is 4.79 Å². The van der Waals surface area contributed by atoms with Crippen molar-refractivity contribution in [2.24, 2.45) is 11.8 Å². The van der Waals surface area contributed by atoms with E-state index in [1.807, 2.05) is 19.1 Å². The summed E-state index contributed by atoms with van der Waals surface area (Å²) in [7, 11) is 0. The second kappa shape index (κ2) is 6.79. The maximum atomic E-state index is 11.1. The minimum absolute atomic E-state index is 0.0303. The number of anilines is 2. The first-order chi connectivity index (χ1) is 9.94. The lowest BCUT2D eigenvalue weighted by Crippen LogP contribution is -2.20. The Labute approximate surface area is 127 Å². The summed E-state index contributed by atoms with van der Waals surface area (Å²) < 4.78 is 0. The van der Waals surface area contributed by atoms with Crippen LogP contribution in [0.15, 0.2) is 29.8 Å². The van der Waals surface area contributed by atoms with Gasteiger partial charge in [-0.1, -0.05) is 18.6 Å². The second-order valence-electron chi connectivity index (χ2n) is 6.39. The van der Waals surface area contributed by atoms with Crippen molar-refractivity contribution in [2.45, 2.75) is 40.5 Å². The molecule has 0 aromatic heterocycles. The summed E-state index contributed by atoms with van der Waals surface area (Å²) in [5.41, 5.74) is 4.61. The highest BCUT2D eigenvalue weighted by Crippen LogP contribution is 2.28. The van der Waals surface area contributed by atoms with E-state index in [1.54, 1.807) is 0 Å². The molecular weight excluding hydrogens is 260 g/mol. The molecular formula is C18H26N2O. The molecule has 0 saturated carbocycles. The highest BCUT2D eigenvalue weighted by atomic mass is 16.1. The molecule has 0 saturated heterocycles. The minimum atomic E-state index is -0.0303. The molecule has 1 aliphatic rings.